The van der Waals surface area contributed by atoms with Gasteiger partial charge in [0, 0.05) is 37.3 Å². The molecule has 158 valence electrons. The van der Waals surface area contributed by atoms with Gasteiger partial charge in [-0.1, -0.05) is 18.2 Å². The van der Waals surface area contributed by atoms with E-state index in [0.29, 0.717) is 36.0 Å². The Morgan fingerprint density at radius 3 is 2.74 bits per heavy atom. The average molecular weight is 434 g/mol. The third-order valence-corrected chi connectivity index (χ3v) is 6.58. The number of carbonyl (C=O) groups excluding carboxylic acids is 1. The minimum Gasteiger partial charge on any atom is -0.497 e. The lowest BCUT2D eigenvalue weighted by Gasteiger charge is -2.39. The zero-order chi connectivity index (χ0) is 22.0. The van der Waals surface area contributed by atoms with E-state index in [9.17, 15) is 4.79 Å². The first kappa shape index (κ1) is 21.0. The number of fused-ring (bicyclic) bond motifs is 1. The number of nitrogens with one attached hydrogen (secondary N) is 1. The molecule has 1 N–H and O–H groups in total. The standard InChI is InChI=1S/C23H23N5O2S/c1-15-14-27(23(29)16-7-5-4-6-8-16)11-12-28(15)21(25-2)20(24)22-26-18-13-17(30-3)9-10-19(18)31-22/h4-10,13,15,21,24H,11-12,14H2,1,3H3/t15-,21?/m1/s1. The Labute approximate surface area is 185 Å². The van der Waals surface area contributed by atoms with Crippen molar-refractivity contribution in [1.29, 1.82) is 5.41 Å². The van der Waals surface area contributed by atoms with Crippen molar-refractivity contribution in [1.82, 2.24) is 14.8 Å². The van der Waals surface area contributed by atoms with Crippen LogP contribution in [0.25, 0.3) is 15.1 Å². The number of ether oxygens (including phenoxy) is 1. The first-order valence-corrected chi connectivity index (χ1v) is 10.8. The molecule has 0 aliphatic carbocycles. The first-order valence-electron chi connectivity index (χ1n) is 10.0. The highest BCUT2D eigenvalue weighted by molar-refractivity contribution is 7.20. The molecule has 1 fully saturated rings. The fraction of sp³-hybridized carbons (Fsp3) is 0.304. The molecule has 0 bridgehead atoms. The van der Waals surface area contributed by atoms with E-state index in [1.54, 1.807) is 7.11 Å². The van der Waals surface area contributed by atoms with E-state index in [-0.39, 0.29) is 17.7 Å². The number of aromatic nitrogens is 1. The van der Waals surface area contributed by atoms with Gasteiger partial charge in [-0.3, -0.25) is 15.0 Å². The number of rotatable bonds is 5. The number of carbonyl (C=O) groups is 1. The molecule has 0 spiro atoms. The van der Waals surface area contributed by atoms with Crippen LogP contribution in [0.1, 0.15) is 22.3 Å². The fourth-order valence-electron chi connectivity index (χ4n) is 3.85. The molecule has 1 aromatic heterocycles. The smallest absolute Gasteiger partial charge is 0.324 e. The van der Waals surface area contributed by atoms with Gasteiger partial charge in [0.25, 0.3) is 5.91 Å². The molecule has 1 saturated heterocycles. The van der Waals surface area contributed by atoms with Gasteiger partial charge in [0.2, 0.25) is 0 Å². The minimum atomic E-state index is -0.730. The largest absolute Gasteiger partial charge is 0.497 e. The van der Waals surface area contributed by atoms with Crippen molar-refractivity contribution in [2.75, 3.05) is 26.7 Å². The molecule has 0 radical (unpaired) electrons. The average Bonchev–Trinajstić information content (AvgIpc) is 3.23. The number of piperazine rings is 1. The van der Waals surface area contributed by atoms with Gasteiger partial charge in [0.05, 0.1) is 17.3 Å². The van der Waals surface area contributed by atoms with Crippen molar-refractivity contribution >= 4 is 33.2 Å². The highest BCUT2D eigenvalue weighted by Gasteiger charge is 2.38. The Kier molecular flexibility index (Phi) is 5.98. The maximum atomic E-state index is 12.8. The van der Waals surface area contributed by atoms with E-state index in [1.165, 1.54) is 11.3 Å². The summed E-state index contributed by atoms with van der Waals surface area (Å²) in [6.45, 7) is 11.3. The number of hydrogen-bond acceptors (Lipinski definition) is 6. The molecule has 1 amide bonds. The van der Waals surface area contributed by atoms with Gasteiger partial charge >= 0.3 is 6.17 Å². The SMILES string of the molecule is [C-]#[N+]C(C(=N)c1nc2cc(OC)ccc2s1)N1CCN(C(=O)c2ccccc2)C[C@H]1C. The zero-order valence-corrected chi connectivity index (χ0v) is 18.2. The van der Waals surface area contributed by atoms with Crippen LogP contribution in [-0.2, 0) is 0 Å². The molecule has 2 heterocycles. The summed E-state index contributed by atoms with van der Waals surface area (Å²) in [6, 6.07) is 14.8. The molecular weight excluding hydrogens is 410 g/mol. The highest BCUT2D eigenvalue weighted by atomic mass is 32.1. The van der Waals surface area contributed by atoms with Crippen molar-refractivity contribution in [2.24, 2.45) is 0 Å². The fourth-order valence-corrected chi connectivity index (χ4v) is 4.76. The van der Waals surface area contributed by atoms with E-state index in [4.69, 9.17) is 16.7 Å². The van der Waals surface area contributed by atoms with Gasteiger partial charge in [-0.25, -0.2) is 16.5 Å². The Morgan fingerprint density at radius 2 is 2.06 bits per heavy atom. The predicted octanol–water partition coefficient (Wildman–Crippen LogP) is 3.76. The lowest BCUT2D eigenvalue weighted by Crippen LogP contribution is -2.57. The van der Waals surface area contributed by atoms with E-state index >= 15 is 0 Å². The molecule has 1 aliphatic rings. The third kappa shape index (κ3) is 4.15. The Balaban J connectivity index is 1.50. The summed E-state index contributed by atoms with van der Waals surface area (Å²) >= 11 is 1.41. The highest BCUT2D eigenvalue weighted by Crippen LogP contribution is 2.28. The molecule has 4 rings (SSSR count). The van der Waals surface area contributed by atoms with Gasteiger partial charge < -0.3 is 9.64 Å². The summed E-state index contributed by atoms with van der Waals surface area (Å²) in [5.41, 5.74) is 1.63. The Morgan fingerprint density at radius 1 is 1.29 bits per heavy atom. The number of amides is 1. The van der Waals surface area contributed by atoms with Crippen LogP contribution in [0.2, 0.25) is 0 Å². The van der Waals surface area contributed by atoms with Crippen LogP contribution in [0.4, 0.5) is 0 Å². The second-order valence-corrected chi connectivity index (χ2v) is 8.50. The summed E-state index contributed by atoms with van der Waals surface area (Å²) in [7, 11) is 1.61. The van der Waals surface area contributed by atoms with Gasteiger partial charge in [-0.2, -0.15) is 0 Å². The summed E-state index contributed by atoms with van der Waals surface area (Å²) in [5, 5.41) is 9.24. The minimum absolute atomic E-state index is 0.00154. The monoisotopic (exact) mass is 433 g/mol. The molecule has 2 atom stereocenters. The molecule has 8 heteroatoms. The second-order valence-electron chi connectivity index (χ2n) is 7.47. The normalized spacial score (nSPS) is 17.8. The summed E-state index contributed by atoms with van der Waals surface area (Å²) in [6.07, 6.45) is -0.730. The number of methoxy groups -OCH3 is 1. The summed E-state index contributed by atoms with van der Waals surface area (Å²) in [5.74, 6) is 0.715. The van der Waals surface area contributed by atoms with Crippen LogP contribution in [0.15, 0.2) is 48.5 Å². The lowest BCUT2D eigenvalue weighted by molar-refractivity contribution is 0.0501. The van der Waals surface area contributed by atoms with Gasteiger partial charge in [0.1, 0.15) is 10.8 Å². The van der Waals surface area contributed by atoms with Gasteiger partial charge in [-0.15, -0.1) is 11.3 Å². The van der Waals surface area contributed by atoms with Crippen molar-refractivity contribution < 1.29 is 9.53 Å². The number of hydrogen-bond donors (Lipinski definition) is 1. The number of thiazole rings is 1. The lowest BCUT2D eigenvalue weighted by atomic mass is 10.1. The summed E-state index contributed by atoms with van der Waals surface area (Å²) in [4.78, 5) is 24.9. The molecule has 1 aliphatic heterocycles. The first-order chi connectivity index (χ1) is 15.0. The van der Waals surface area contributed by atoms with E-state index in [0.717, 1.165) is 10.2 Å². The van der Waals surface area contributed by atoms with Crippen LogP contribution in [0, 0.1) is 12.0 Å². The zero-order valence-electron chi connectivity index (χ0n) is 17.4. The maximum Gasteiger partial charge on any atom is 0.324 e. The van der Waals surface area contributed by atoms with E-state index < -0.39 is 6.17 Å². The van der Waals surface area contributed by atoms with Crippen LogP contribution in [-0.4, -0.2) is 65.4 Å². The predicted molar refractivity (Wildman–Crippen MR) is 122 cm³/mol. The van der Waals surface area contributed by atoms with Gasteiger partial charge in [0.15, 0.2) is 5.71 Å². The van der Waals surface area contributed by atoms with E-state index in [1.807, 2.05) is 65.3 Å². The number of benzene rings is 2. The molecule has 3 aromatic rings. The summed E-state index contributed by atoms with van der Waals surface area (Å²) < 4.78 is 6.21. The Bertz CT molecular complexity index is 1150. The van der Waals surface area contributed by atoms with Crippen LogP contribution in [0.5, 0.6) is 5.75 Å². The molecule has 2 aromatic carbocycles. The van der Waals surface area contributed by atoms with Crippen LogP contribution in [0.3, 0.4) is 0 Å². The van der Waals surface area contributed by atoms with Gasteiger partial charge in [-0.05, 0) is 31.2 Å². The quantitative estimate of drug-likeness (QED) is 0.491. The van der Waals surface area contributed by atoms with Crippen LogP contribution >= 0.6 is 11.3 Å². The molecule has 31 heavy (non-hydrogen) atoms. The molecule has 7 nitrogen and oxygen atoms in total. The van der Waals surface area contributed by atoms with Crippen molar-refractivity contribution in [3.8, 4) is 5.75 Å². The molecule has 1 unspecified atom stereocenters. The second kappa shape index (κ2) is 8.84. The maximum absolute atomic E-state index is 12.8. The Hall–Kier alpha value is -3.28. The van der Waals surface area contributed by atoms with Crippen molar-refractivity contribution in [2.45, 2.75) is 19.1 Å². The van der Waals surface area contributed by atoms with E-state index in [2.05, 4.69) is 9.83 Å². The molecular formula is C23H23N5O2S. The third-order valence-electron chi connectivity index (χ3n) is 5.51. The molecule has 0 saturated carbocycles. The van der Waals surface area contributed by atoms with Crippen molar-refractivity contribution in [3.63, 3.8) is 0 Å². The van der Waals surface area contributed by atoms with Crippen LogP contribution < -0.4 is 4.74 Å². The topological polar surface area (TPSA) is 73.9 Å². The number of nitrogens with zero attached hydrogens (tertiary/aromatic N) is 4. The van der Waals surface area contributed by atoms with Crippen molar-refractivity contribution in [3.05, 3.63) is 70.5 Å².